The van der Waals surface area contributed by atoms with Crippen molar-refractivity contribution < 1.29 is 9.78 Å². The molecule has 1 unspecified atom stereocenters. The molecule has 0 N–H and O–H groups in total. The summed E-state index contributed by atoms with van der Waals surface area (Å²) in [5, 5.41) is 0. The van der Waals surface area contributed by atoms with Crippen LogP contribution < -0.4 is 0 Å². The molecule has 0 aromatic heterocycles. The summed E-state index contributed by atoms with van der Waals surface area (Å²) in [6.45, 7) is 3.89. The van der Waals surface area contributed by atoms with E-state index in [1.165, 1.54) is 0 Å². The van der Waals surface area contributed by atoms with Gasteiger partial charge in [0, 0.05) is 0 Å². The second-order valence-electron chi connectivity index (χ2n) is 1.66. The fourth-order valence-electron chi connectivity index (χ4n) is 0.191. The molecule has 0 saturated heterocycles. The van der Waals surface area contributed by atoms with Gasteiger partial charge in [-0.1, -0.05) is 19.6 Å². The standard InChI is InChI=1S/C5H10O2S2/c1-3-4(2)6-7-5(8)9/h4H,3H2,1-2H3,(H,8,9). The van der Waals surface area contributed by atoms with Crippen LogP contribution in [-0.4, -0.2) is 10.5 Å². The van der Waals surface area contributed by atoms with E-state index in [2.05, 4.69) is 29.7 Å². The van der Waals surface area contributed by atoms with Gasteiger partial charge in [0.1, 0.15) is 6.10 Å². The molecule has 0 aliphatic carbocycles. The lowest BCUT2D eigenvalue weighted by Crippen LogP contribution is -2.07. The Balaban J connectivity index is 3.16. The fraction of sp³-hybridized carbons (Fsp3) is 0.800. The molecule has 0 aliphatic rings. The van der Waals surface area contributed by atoms with Crippen molar-refractivity contribution >= 4 is 29.2 Å². The highest BCUT2D eigenvalue weighted by molar-refractivity contribution is 8.10. The Morgan fingerprint density at radius 3 is 2.67 bits per heavy atom. The first-order chi connectivity index (χ1) is 4.16. The van der Waals surface area contributed by atoms with E-state index in [0.29, 0.717) is 0 Å². The molecule has 0 spiro atoms. The largest absolute Gasteiger partial charge is 0.318 e. The van der Waals surface area contributed by atoms with Crippen LogP contribution in [0.25, 0.3) is 0 Å². The quantitative estimate of drug-likeness (QED) is 0.299. The number of thiol groups is 1. The highest BCUT2D eigenvalue weighted by Crippen LogP contribution is 1.98. The zero-order valence-corrected chi connectivity index (χ0v) is 7.17. The Labute approximate surface area is 65.9 Å². The first-order valence-electron chi connectivity index (χ1n) is 2.73. The molecule has 0 rings (SSSR count). The molecular weight excluding hydrogens is 156 g/mol. The Morgan fingerprint density at radius 1 is 1.78 bits per heavy atom. The number of thiocarbonyl (C=S) groups is 1. The molecular formula is C5H10O2S2. The van der Waals surface area contributed by atoms with Crippen LogP contribution in [-0.2, 0) is 9.78 Å². The van der Waals surface area contributed by atoms with Crippen molar-refractivity contribution in [1.29, 1.82) is 0 Å². The minimum Gasteiger partial charge on any atom is -0.318 e. The van der Waals surface area contributed by atoms with Gasteiger partial charge in [0.25, 0.3) is 4.38 Å². The van der Waals surface area contributed by atoms with Crippen LogP contribution in [0.2, 0.25) is 0 Å². The van der Waals surface area contributed by atoms with Crippen LogP contribution in [0.3, 0.4) is 0 Å². The Hall–Kier alpha value is 0.200. The van der Waals surface area contributed by atoms with Gasteiger partial charge < -0.3 is 4.89 Å². The van der Waals surface area contributed by atoms with E-state index in [0.717, 1.165) is 6.42 Å². The van der Waals surface area contributed by atoms with Crippen LogP contribution in [0.5, 0.6) is 0 Å². The third-order valence-corrected chi connectivity index (χ3v) is 1.00. The summed E-state index contributed by atoms with van der Waals surface area (Å²) < 4.78 is 0.121. The molecule has 0 heterocycles. The summed E-state index contributed by atoms with van der Waals surface area (Å²) >= 11 is 8.17. The minimum atomic E-state index is 0.0788. The Kier molecular flexibility index (Phi) is 5.13. The SMILES string of the molecule is CCC(C)OOC(=S)S. The molecule has 0 aromatic rings. The van der Waals surface area contributed by atoms with Crippen molar-refractivity contribution in [2.24, 2.45) is 0 Å². The average molecular weight is 166 g/mol. The van der Waals surface area contributed by atoms with Gasteiger partial charge in [0.2, 0.25) is 0 Å². The number of hydrogen-bond acceptors (Lipinski definition) is 3. The van der Waals surface area contributed by atoms with E-state index in [1.807, 2.05) is 13.8 Å². The van der Waals surface area contributed by atoms with Crippen LogP contribution in [0, 0.1) is 0 Å². The minimum absolute atomic E-state index is 0.0788. The first kappa shape index (κ1) is 9.20. The molecule has 0 radical (unpaired) electrons. The number of rotatable bonds is 3. The smallest absolute Gasteiger partial charge is 0.260 e. The highest BCUT2D eigenvalue weighted by atomic mass is 32.1. The van der Waals surface area contributed by atoms with Gasteiger partial charge in [-0.05, 0) is 25.6 Å². The van der Waals surface area contributed by atoms with E-state index in [9.17, 15) is 0 Å². The lowest BCUT2D eigenvalue weighted by atomic mass is 10.3. The van der Waals surface area contributed by atoms with Gasteiger partial charge in [-0.2, -0.15) is 4.89 Å². The summed E-state index contributed by atoms with van der Waals surface area (Å²) in [7, 11) is 0. The van der Waals surface area contributed by atoms with Crippen LogP contribution in [0.1, 0.15) is 20.3 Å². The molecule has 4 heteroatoms. The maximum atomic E-state index is 4.73. The van der Waals surface area contributed by atoms with Gasteiger partial charge in [0.15, 0.2) is 0 Å². The summed E-state index contributed by atoms with van der Waals surface area (Å²) in [4.78, 5) is 9.23. The monoisotopic (exact) mass is 166 g/mol. The van der Waals surface area contributed by atoms with E-state index in [1.54, 1.807) is 0 Å². The lowest BCUT2D eigenvalue weighted by Gasteiger charge is -2.06. The number of hydrogen-bond donors (Lipinski definition) is 1. The van der Waals surface area contributed by atoms with E-state index >= 15 is 0 Å². The van der Waals surface area contributed by atoms with Crippen molar-refractivity contribution in [3.63, 3.8) is 0 Å². The van der Waals surface area contributed by atoms with Gasteiger partial charge in [-0.25, -0.2) is 0 Å². The molecule has 0 amide bonds. The Morgan fingerprint density at radius 2 is 2.33 bits per heavy atom. The molecule has 9 heavy (non-hydrogen) atoms. The van der Waals surface area contributed by atoms with Gasteiger partial charge in [-0.15, -0.1) is 0 Å². The predicted octanol–water partition coefficient (Wildman–Crippen LogP) is 1.95. The summed E-state index contributed by atoms with van der Waals surface area (Å²) in [6.07, 6.45) is 0.978. The highest BCUT2D eigenvalue weighted by Gasteiger charge is 1.98. The molecule has 0 fully saturated rings. The van der Waals surface area contributed by atoms with Crippen LogP contribution in [0.15, 0.2) is 0 Å². The zero-order valence-electron chi connectivity index (χ0n) is 5.46. The molecule has 0 aromatic carbocycles. The second kappa shape index (κ2) is 5.02. The lowest BCUT2D eigenvalue weighted by molar-refractivity contribution is -0.249. The summed E-state index contributed by atoms with van der Waals surface area (Å²) in [5.74, 6) is 0. The van der Waals surface area contributed by atoms with Crippen molar-refractivity contribution in [1.82, 2.24) is 0 Å². The summed E-state index contributed by atoms with van der Waals surface area (Å²) in [6, 6.07) is 0. The second-order valence-corrected chi connectivity index (χ2v) is 2.74. The summed E-state index contributed by atoms with van der Waals surface area (Å²) in [5.41, 5.74) is 0. The maximum absolute atomic E-state index is 4.73. The third-order valence-electron chi connectivity index (χ3n) is 0.859. The topological polar surface area (TPSA) is 18.5 Å². The van der Waals surface area contributed by atoms with Crippen molar-refractivity contribution in [3.8, 4) is 0 Å². The first-order valence-corrected chi connectivity index (χ1v) is 3.58. The van der Waals surface area contributed by atoms with E-state index < -0.39 is 0 Å². The van der Waals surface area contributed by atoms with E-state index in [-0.39, 0.29) is 10.5 Å². The molecule has 2 nitrogen and oxygen atoms in total. The van der Waals surface area contributed by atoms with Crippen molar-refractivity contribution in [2.75, 3.05) is 0 Å². The molecule has 0 bridgehead atoms. The Bertz CT molecular complexity index is 95.0. The zero-order chi connectivity index (χ0) is 7.28. The molecule has 0 saturated carbocycles. The van der Waals surface area contributed by atoms with Crippen molar-refractivity contribution in [2.45, 2.75) is 26.4 Å². The average Bonchev–Trinajstić information content (AvgIpc) is 1.83. The third kappa shape index (κ3) is 6.08. The van der Waals surface area contributed by atoms with E-state index in [4.69, 9.17) is 4.89 Å². The predicted molar refractivity (Wildman–Crippen MR) is 43.5 cm³/mol. The van der Waals surface area contributed by atoms with Crippen LogP contribution >= 0.6 is 24.8 Å². The molecule has 1 atom stereocenters. The maximum Gasteiger partial charge on any atom is 0.260 e. The normalized spacial score (nSPS) is 12.8. The fourth-order valence-corrected chi connectivity index (χ4v) is 0.274. The van der Waals surface area contributed by atoms with Crippen LogP contribution in [0.4, 0.5) is 0 Å². The van der Waals surface area contributed by atoms with Gasteiger partial charge in [-0.3, -0.25) is 0 Å². The molecule has 54 valence electrons. The molecule has 0 aliphatic heterocycles. The van der Waals surface area contributed by atoms with Crippen molar-refractivity contribution in [3.05, 3.63) is 0 Å². The van der Waals surface area contributed by atoms with Gasteiger partial charge >= 0.3 is 0 Å². The van der Waals surface area contributed by atoms with Gasteiger partial charge in [0.05, 0.1) is 0 Å².